The molecule has 28 heavy (non-hydrogen) atoms. The summed E-state index contributed by atoms with van der Waals surface area (Å²) in [5.74, 6) is -0.947. The number of imidazole rings is 1. The monoisotopic (exact) mass is 409 g/mol. The number of nitrogens with zero attached hydrogens (tertiary/aromatic N) is 3. The van der Waals surface area contributed by atoms with Gasteiger partial charge in [0.05, 0.1) is 5.52 Å². The highest BCUT2D eigenvalue weighted by Crippen LogP contribution is 2.55. The second kappa shape index (κ2) is 6.48. The van der Waals surface area contributed by atoms with Crippen LogP contribution in [0.25, 0.3) is 5.52 Å². The molecule has 0 bridgehead atoms. The number of alkyl halides is 3. The van der Waals surface area contributed by atoms with Crippen molar-refractivity contribution in [2.24, 2.45) is 5.92 Å². The normalized spacial score (nSPS) is 21.7. The number of carbonyl (C=O) groups excluding carboxylic acids is 1. The van der Waals surface area contributed by atoms with Crippen molar-refractivity contribution in [3.63, 3.8) is 0 Å². The van der Waals surface area contributed by atoms with Crippen molar-refractivity contribution < 1.29 is 22.7 Å². The van der Waals surface area contributed by atoms with E-state index in [-0.39, 0.29) is 29.0 Å². The van der Waals surface area contributed by atoms with Crippen molar-refractivity contribution in [2.75, 3.05) is 0 Å². The van der Waals surface area contributed by atoms with E-state index in [0.717, 1.165) is 10.1 Å². The van der Waals surface area contributed by atoms with E-state index in [4.69, 9.17) is 16.3 Å². The molecule has 146 valence electrons. The summed E-state index contributed by atoms with van der Waals surface area (Å²) in [7, 11) is 0. The van der Waals surface area contributed by atoms with Gasteiger partial charge >= 0.3 is 12.1 Å². The zero-order chi connectivity index (χ0) is 20.1. The van der Waals surface area contributed by atoms with Gasteiger partial charge in [0, 0.05) is 0 Å². The predicted octanol–water partition coefficient (Wildman–Crippen LogP) is 4.42. The molecule has 1 aromatic carbocycles. The Morgan fingerprint density at radius 1 is 1.29 bits per heavy atom. The lowest BCUT2D eigenvalue weighted by Crippen LogP contribution is -2.28. The van der Waals surface area contributed by atoms with Crippen LogP contribution in [-0.4, -0.2) is 20.6 Å². The third-order valence-electron chi connectivity index (χ3n) is 5.02. The van der Waals surface area contributed by atoms with Gasteiger partial charge in [-0.3, -0.25) is 4.79 Å². The van der Waals surface area contributed by atoms with Gasteiger partial charge in [-0.05, 0) is 30.0 Å². The molecular weight excluding hydrogens is 395 g/mol. The highest BCUT2D eigenvalue weighted by molar-refractivity contribution is 6.29. The van der Waals surface area contributed by atoms with Crippen molar-refractivity contribution in [3.8, 4) is 0 Å². The fraction of sp³-hybridized carbons (Fsp3) is 0.316. The maximum Gasteiger partial charge on any atom is 0.435 e. The van der Waals surface area contributed by atoms with Crippen LogP contribution in [0.5, 0.6) is 0 Å². The molecule has 9 heteroatoms. The largest absolute Gasteiger partial charge is 0.460 e. The van der Waals surface area contributed by atoms with Crippen LogP contribution in [0, 0.1) is 5.92 Å². The summed E-state index contributed by atoms with van der Waals surface area (Å²) in [6, 6.07) is 11.5. The fourth-order valence-electron chi connectivity index (χ4n) is 3.41. The molecule has 1 aliphatic carbocycles. The molecule has 0 amide bonds. The minimum Gasteiger partial charge on any atom is -0.460 e. The maximum absolute atomic E-state index is 13.5. The minimum absolute atomic E-state index is 0.000908. The number of esters is 1. The second-order valence-corrected chi connectivity index (χ2v) is 7.26. The summed E-state index contributed by atoms with van der Waals surface area (Å²) in [5, 5.41) is 3.96. The summed E-state index contributed by atoms with van der Waals surface area (Å²) in [5.41, 5.74) is -1.84. The van der Waals surface area contributed by atoms with E-state index in [1.54, 1.807) is 19.1 Å². The van der Waals surface area contributed by atoms with Crippen molar-refractivity contribution in [2.45, 2.75) is 31.5 Å². The van der Waals surface area contributed by atoms with E-state index < -0.39 is 23.3 Å². The second-order valence-electron chi connectivity index (χ2n) is 6.87. The van der Waals surface area contributed by atoms with E-state index in [1.165, 1.54) is 12.1 Å². The van der Waals surface area contributed by atoms with Crippen LogP contribution in [0.15, 0.2) is 42.5 Å². The van der Waals surface area contributed by atoms with E-state index >= 15 is 0 Å². The van der Waals surface area contributed by atoms with Crippen LogP contribution in [0.4, 0.5) is 13.2 Å². The smallest absolute Gasteiger partial charge is 0.435 e. The molecule has 2 atom stereocenters. The van der Waals surface area contributed by atoms with Crippen LogP contribution in [0.1, 0.15) is 30.4 Å². The van der Waals surface area contributed by atoms with Crippen LogP contribution in [0.3, 0.4) is 0 Å². The van der Waals surface area contributed by atoms with Crippen LogP contribution >= 0.6 is 11.6 Å². The average molecular weight is 410 g/mol. The summed E-state index contributed by atoms with van der Waals surface area (Å²) in [6.45, 7) is 1.79. The third-order valence-corrected chi connectivity index (χ3v) is 5.22. The Morgan fingerprint density at radius 2 is 1.96 bits per heavy atom. The lowest BCUT2D eigenvalue weighted by Gasteiger charge is -2.14. The molecule has 1 aliphatic rings. The molecule has 4 rings (SSSR count). The average Bonchev–Trinajstić information content (AvgIpc) is 3.17. The number of fused-ring (bicyclic) bond motifs is 1. The van der Waals surface area contributed by atoms with Crippen molar-refractivity contribution in [1.29, 1.82) is 0 Å². The maximum atomic E-state index is 13.5. The summed E-state index contributed by atoms with van der Waals surface area (Å²) in [4.78, 5) is 16.7. The summed E-state index contributed by atoms with van der Waals surface area (Å²) < 4.78 is 46.8. The molecular formula is C19H15ClF3N3O2. The Labute approximate surface area is 163 Å². The highest BCUT2D eigenvalue weighted by atomic mass is 35.5. The zero-order valence-electron chi connectivity index (χ0n) is 14.7. The predicted molar refractivity (Wildman–Crippen MR) is 94.7 cm³/mol. The number of hydrogen-bond acceptors (Lipinski definition) is 4. The Hall–Kier alpha value is -2.61. The van der Waals surface area contributed by atoms with Crippen LogP contribution < -0.4 is 0 Å². The molecule has 0 N–H and O–H groups in total. The molecule has 0 radical (unpaired) electrons. The van der Waals surface area contributed by atoms with Gasteiger partial charge in [0.25, 0.3) is 0 Å². The van der Waals surface area contributed by atoms with Gasteiger partial charge < -0.3 is 4.74 Å². The SMILES string of the molecule is C[C@H]1C[C@]1(C(=O)OCc1ccccc1)c1nc(C(F)(F)F)c2ccc(Cl)nn12. The fourth-order valence-corrected chi connectivity index (χ4v) is 3.55. The van der Waals surface area contributed by atoms with Crippen molar-refractivity contribution in [1.82, 2.24) is 14.6 Å². The van der Waals surface area contributed by atoms with E-state index in [0.29, 0.717) is 6.42 Å². The quantitative estimate of drug-likeness (QED) is 0.598. The number of rotatable bonds is 4. The molecule has 0 spiro atoms. The first kappa shape index (κ1) is 18.7. The minimum atomic E-state index is -4.69. The van der Waals surface area contributed by atoms with Gasteiger partial charge in [-0.25, -0.2) is 9.50 Å². The molecule has 0 aliphatic heterocycles. The first-order valence-corrected chi connectivity index (χ1v) is 8.95. The standard InChI is InChI=1S/C19H15ClF3N3O2/c1-11-9-18(11,17(27)28-10-12-5-3-2-4-6-12)16-24-15(19(21,22)23)13-7-8-14(20)25-26(13)16/h2-8,11H,9-10H2,1H3/t11-,18+/m0/s1. The van der Waals surface area contributed by atoms with Gasteiger partial charge in [-0.1, -0.05) is 48.9 Å². The van der Waals surface area contributed by atoms with Gasteiger partial charge in [-0.15, -0.1) is 0 Å². The van der Waals surface area contributed by atoms with Crippen LogP contribution in [0.2, 0.25) is 5.15 Å². The number of benzene rings is 1. The van der Waals surface area contributed by atoms with Crippen molar-refractivity contribution >= 4 is 23.1 Å². The number of aromatic nitrogens is 3. The van der Waals surface area contributed by atoms with Crippen LogP contribution in [-0.2, 0) is 27.7 Å². The topological polar surface area (TPSA) is 56.5 Å². The van der Waals surface area contributed by atoms with Gasteiger partial charge in [0.1, 0.15) is 23.0 Å². The lowest BCUT2D eigenvalue weighted by molar-refractivity contribution is -0.149. The zero-order valence-corrected chi connectivity index (χ0v) is 15.5. The summed E-state index contributed by atoms with van der Waals surface area (Å²) in [6.07, 6.45) is -4.36. The molecule has 1 saturated carbocycles. The Kier molecular flexibility index (Phi) is 4.33. The number of ether oxygens (including phenoxy) is 1. The third kappa shape index (κ3) is 3.01. The molecule has 2 heterocycles. The first-order chi connectivity index (χ1) is 13.2. The molecule has 5 nitrogen and oxygen atoms in total. The van der Waals surface area contributed by atoms with Crippen molar-refractivity contribution in [3.05, 3.63) is 64.7 Å². The van der Waals surface area contributed by atoms with Gasteiger partial charge in [0.15, 0.2) is 5.69 Å². The molecule has 3 aromatic rings. The number of hydrogen-bond donors (Lipinski definition) is 0. The highest BCUT2D eigenvalue weighted by Gasteiger charge is 2.63. The molecule has 2 aromatic heterocycles. The molecule has 0 unspecified atom stereocenters. The molecule has 1 fully saturated rings. The summed E-state index contributed by atoms with van der Waals surface area (Å²) >= 11 is 5.88. The Bertz CT molecular complexity index is 1050. The van der Waals surface area contributed by atoms with E-state index in [2.05, 4.69) is 10.1 Å². The van der Waals surface area contributed by atoms with E-state index in [1.807, 2.05) is 18.2 Å². The Balaban J connectivity index is 1.75. The van der Waals surface area contributed by atoms with Gasteiger partial charge in [-0.2, -0.15) is 18.3 Å². The Morgan fingerprint density at radius 3 is 2.57 bits per heavy atom. The van der Waals surface area contributed by atoms with E-state index in [9.17, 15) is 18.0 Å². The lowest BCUT2D eigenvalue weighted by atomic mass is 10.0. The van der Waals surface area contributed by atoms with Gasteiger partial charge in [0.2, 0.25) is 0 Å². The molecule has 0 saturated heterocycles. The number of halogens is 4. The first-order valence-electron chi connectivity index (χ1n) is 8.57. The number of carbonyl (C=O) groups is 1.